The molecule has 1 saturated heterocycles. The maximum Gasteiger partial charge on any atom is 0.318 e. The minimum atomic E-state index is -0.439. The van der Waals surface area contributed by atoms with E-state index < -0.39 is 6.04 Å². The minimum absolute atomic E-state index is 0.251. The van der Waals surface area contributed by atoms with Crippen LogP contribution in [0, 0.1) is 0 Å². The number of amides is 1. The van der Waals surface area contributed by atoms with Crippen molar-refractivity contribution in [2.24, 2.45) is 0 Å². The molecule has 0 bridgehead atoms. The molecule has 3 heterocycles. The summed E-state index contributed by atoms with van der Waals surface area (Å²) in [6.45, 7) is 1.77. The van der Waals surface area contributed by atoms with Crippen LogP contribution in [0.4, 0.5) is 6.01 Å². The fourth-order valence-corrected chi connectivity index (χ4v) is 3.84. The van der Waals surface area contributed by atoms with Gasteiger partial charge >= 0.3 is 6.01 Å². The van der Waals surface area contributed by atoms with E-state index >= 15 is 0 Å². The van der Waals surface area contributed by atoms with E-state index in [4.69, 9.17) is 8.83 Å². The van der Waals surface area contributed by atoms with Crippen LogP contribution in [0.2, 0.25) is 0 Å². The van der Waals surface area contributed by atoms with Gasteiger partial charge in [0.15, 0.2) is 5.76 Å². The zero-order valence-electron chi connectivity index (χ0n) is 14.7. The Morgan fingerprint density at radius 1 is 1.15 bits per heavy atom. The molecule has 1 aromatic carbocycles. The second kappa shape index (κ2) is 8.30. The summed E-state index contributed by atoms with van der Waals surface area (Å²) in [6.07, 6.45) is 2.02. The molecule has 1 aliphatic rings. The molecule has 140 valence electrons. The number of benzene rings is 1. The quantitative estimate of drug-likeness (QED) is 0.699. The highest BCUT2D eigenvalue weighted by molar-refractivity contribution is 7.99. The third-order valence-corrected chi connectivity index (χ3v) is 5.29. The Bertz CT molecular complexity index is 860. The van der Waals surface area contributed by atoms with Crippen LogP contribution in [0.3, 0.4) is 0 Å². The van der Waals surface area contributed by atoms with Gasteiger partial charge in [0, 0.05) is 31.0 Å². The van der Waals surface area contributed by atoms with Gasteiger partial charge in [-0.05, 0) is 17.7 Å². The first-order valence-corrected chi connectivity index (χ1v) is 9.99. The Hall–Kier alpha value is -2.74. The fourth-order valence-electron chi connectivity index (χ4n) is 2.94. The standard InChI is InChI=1S/C19H20N4O3S/c24-17(16-7-4-10-25-16)20-15(13-14-5-2-1-3-6-14)18-21-22-19(26-18)23-8-11-27-12-9-23/h1-7,10,15H,8-9,11-13H2,(H,20,24)/t15-/m1/s1. The van der Waals surface area contributed by atoms with E-state index in [1.165, 1.54) is 6.26 Å². The predicted molar refractivity (Wildman–Crippen MR) is 103 cm³/mol. The van der Waals surface area contributed by atoms with Gasteiger partial charge in [-0.1, -0.05) is 35.4 Å². The molecule has 0 radical (unpaired) electrons. The van der Waals surface area contributed by atoms with Gasteiger partial charge in [0.2, 0.25) is 5.89 Å². The summed E-state index contributed by atoms with van der Waals surface area (Å²) < 4.78 is 11.1. The molecule has 0 aliphatic carbocycles. The van der Waals surface area contributed by atoms with Gasteiger partial charge in [-0.25, -0.2) is 0 Å². The number of rotatable bonds is 6. The third-order valence-electron chi connectivity index (χ3n) is 4.34. The van der Waals surface area contributed by atoms with Crippen LogP contribution in [-0.4, -0.2) is 40.7 Å². The maximum atomic E-state index is 12.5. The lowest BCUT2D eigenvalue weighted by atomic mass is 10.1. The van der Waals surface area contributed by atoms with Gasteiger partial charge in [0.25, 0.3) is 5.91 Å². The summed E-state index contributed by atoms with van der Waals surface area (Å²) in [7, 11) is 0. The molecule has 1 N–H and O–H groups in total. The van der Waals surface area contributed by atoms with E-state index in [9.17, 15) is 4.79 Å². The molecule has 2 aromatic heterocycles. The van der Waals surface area contributed by atoms with Gasteiger partial charge in [-0.15, -0.1) is 5.10 Å². The summed E-state index contributed by atoms with van der Waals surface area (Å²) in [6, 6.07) is 13.3. The minimum Gasteiger partial charge on any atom is -0.459 e. The van der Waals surface area contributed by atoms with Crippen molar-refractivity contribution in [3.8, 4) is 0 Å². The second-order valence-corrected chi connectivity index (χ2v) is 7.44. The number of hydrogen-bond acceptors (Lipinski definition) is 7. The van der Waals surface area contributed by atoms with Crippen molar-refractivity contribution in [3.63, 3.8) is 0 Å². The maximum absolute atomic E-state index is 12.5. The number of carbonyl (C=O) groups excluding carboxylic acids is 1. The zero-order valence-corrected chi connectivity index (χ0v) is 15.5. The number of hydrogen-bond donors (Lipinski definition) is 1. The lowest BCUT2D eigenvalue weighted by Crippen LogP contribution is -2.32. The van der Waals surface area contributed by atoms with Crippen molar-refractivity contribution >= 4 is 23.7 Å². The van der Waals surface area contributed by atoms with Crippen molar-refractivity contribution in [2.45, 2.75) is 12.5 Å². The molecule has 0 unspecified atom stereocenters. The summed E-state index contributed by atoms with van der Waals surface area (Å²) in [5.74, 6) is 2.42. The Kier molecular flexibility index (Phi) is 5.43. The van der Waals surface area contributed by atoms with Crippen LogP contribution < -0.4 is 10.2 Å². The van der Waals surface area contributed by atoms with Crippen LogP contribution in [0.1, 0.15) is 28.1 Å². The summed E-state index contributed by atoms with van der Waals surface area (Å²) in [4.78, 5) is 14.6. The van der Waals surface area contributed by atoms with Gasteiger partial charge < -0.3 is 19.1 Å². The SMILES string of the molecule is O=C(N[C@H](Cc1ccccc1)c1nnc(N2CCSCC2)o1)c1ccco1. The van der Waals surface area contributed by atoms with Crippen molar-refractivity contribution < 1.29 is 13.6 Å². The Labute approximate surface area is 161 Å². The fraction of sp³-hybridized carbons (Fsp3) is 0.316. The zero-order chi connectivity index (χ0) is 18.5. The van der Waals surface area contributed by atoms with Crippen LogP contribution >= 0.6 is 11.8 Å². The summed E-state index contributed by atoms with van der Waals surface area (Å²) in [5.41, 5.74) is 1.07. The van der Waals surface area contributed by atoms with Crippen molar-refractivity contribution in [1.82, 2.24) is 15.5 Å². The van der Waals surface area contributed by atoms with Crippen LogP contribution in [0.5, 0.6) is 0 Å². The monoisotopic (exact) mass is 384 g/mol. The molecule has 7 nitrogen and oxygen atoms in total. The number of carbonyl (C=O) groups is 1. The highest BCUT2D eigenvalue weighted by atomic mass is 32.2. The first-order valence-electron chi connectivity index (χ1n) is 8.84. The van der Waals surface area contributed by atoms with Gasteiger partial charge in [-0.2, -0.15) is 11.8 Å². The van der Waals surface area contributed by atoms with E-state index in [1.807, 2.05) is 42.1 Å². The van der Waals surface area contributed by atoms with Crippen LogP contribution in [0.15, 0.2) is 57.6 Å². The number of nitrogens with one attached hydrogen (secondary N) is 1. The highest BCUT2D eigenvalue weighted by Crippen LogP contribution is 2.23. The highest BCUT2D eigenvalue weighted by Gasteiger charge is 2.25. The molecule has 27 heavy (non-hydrogen) atoms. The summed E-state index contributed by atoms with van der Waals surface area (Å²) >= 11 is 1.92. The van der Waals surface area contributed by atoms with Crippen molar-refractivity contribution in [3.05, 3.63) is 65.9 Å². The smallest absolute Gasteiger partial charge is 0.318 e. The molecule has 3 aromatic rings. The number of thioether (sulfide) groups is 1. The first-order chi connectivity index (χ1) is 13.3. The molecule has 1 fully saturated rings. The Balaban J connectivity index is 1.55. The lowest BCUT2D eigenvalue weighted by Gasteiger charge is -2.24. The van der Waals surface area contributed by atoms with E-state index in [2.05, 4.69) is 20.4 Å². The molecule has 1 amide bonds. The molecule has 0 saturated carbocycles. The largest absolute Gasteiger partial charge is 0.459 e. The van der Waals surface area contributed by atoms with Gasteiger partial charge in [0.1, 0.15) is 6.04 Å². The van der Waals surface area contributed by atoms with Gasteiger partial charge in [0.05, 0.1) is 6.26 Å². The lowest BCUT2D eigenvalue weighted by molar-refractivity contribution is 0.0902. The summed E-state index contributed by atoms with van der Waals surface area (Å²) in [5, 5.41) is 11.4. The predicted octanol–water partition coefficient (Wildman–Crippen LogP) is 2.93. The number of aromatic nitrogens is 2. The van der Waals surface area contributed by atoms with Crippen molar-refractivity contribution in [2.75, 3.05) is 29.5 Å². The Morgan fingerprint density at radius 3 is 2.70 bits per heavy atom. The average Bonchev–Trinajstić information content (AvgIpc) is 3.41. The molecule has 1 atom stereocenters. The Morgan fingerprint density at radius 2 is 1.96 bits per heavy atom. The van der Waals surface area contributed by atoms with Gasteiger partial charge in [-0.3, -0.25) is 4.79 Å². The van der Waals surface area contributed by atoms with Crippen LogP contribution in [-0.2, 0) is 6.42 Å². The topological polar surface area (TPSA) is 84.4 Å². The first kappa shape index (κ1) is 17.7. The number of anilines is 1. The third kappa shape index (κ3) is 4.33. The molecule has 1 aliphatic heterocycles. The normalized spacial score (nSPS) is 15.5. The average molecular weight is 384 g/mol. The number of nitrogens with zero attached hydrogens (tertiary/aromatic N) is 3. The number of furan rings is 1. The van der Waals surface area contributed by atoms with Crippen LogP contribution in [0.25, 0.3) is 0 Å². The van der Waals surface area contributed by atoms with Crippen molar-refractivity contribution in [1.29, 1.82) is 0 Å². The molecule has 8 heteroatoms. The van der Waals surface area contributed by atoms with E-state index in [-0.39, 0.29) is 11.7 Å². The molecule has 0 spiro atoms. The van der Waals surface area contributed by atoms with E-state index in [0.717, 1.165) is 30.2 Å². The van der Waals surface area contributed by atoms with E-state index in [1.54, 1.807) is 12.1 Å². The van der Waals surface area contributed by atoms with E-state index in [0.29, 0.717) is 18.3 Å². The molecule has 4 rings (SSSR count). The molecular weight excluding hydrogens is 364 g/mol. The molecular formula is C19H20N4O3S. The second-order valence-electron chi connectivity index (χ2n) is 6.22.